The maximum atomic E-state index is 12.5. The summed E-state index contributed by atoms with van der Waals surface area (Å²) >= 11 is 7.35. The van der Waals surface area contributed by atoms with Crippen molar-refractivity contribution in [2.24, 2.45) is 10.4 Å². The average Bonchev–Trinajstić information content (AvgIpc) is 3.24. The Labute approximate surface area is 146 Å². The lowest BCUT2D eigenvalue weighted by Crippen LogP contribution is -2.39. The lowest BCUT2D eigenvalue weighted by molar-refractivity contribution is -0.274. The molecule has 0 atom stereocenters. The minimum atomic E-state index is -4.78. The van der Waals surface area contributed by atoms with E-state index >= 15 is 0 Å². The largest absolute Gasteiger partial charge is 0.573 e. The summed E-state index contributed by atoms with van der Waals surface area (Å²) in [5, 5.41) is 3.28. The van der Waals surface area contributed by atoms with Gasteiger partial charge in [0.25, 0.3) is 0 Å². The van der Waals surface area contributed by atoms with Crippen molar-refractivity contribution >= 4 is 35.3 Å². The van der Waals surface area contributed by atoms with Crippen molar-refractivity contribution in [3.8, 4) is 5.75 Å². The molecule has 2 aliphatic heterocycles. The Kier molecular flexibility index (Phi) is 3.26. The number of nitrogens with zero attached hydrogens (tertiary/aromatic N) is 1. The zero-order chi connectivity index (χ0) is 17.3. The number of alkyl halides is 3. The molecular formula is C16H14ClF3N2OS. The molecule has 0 saturated heterocycles. The van der Waals surface area contributed by atoms with Gasteiger partial charge in [-0.3, -0.25) is 4.99 Å². The Morgan fingerprint density at radius 1 is 1.29 bits per heavy atom. The summed E-state index contributed by atoms with van der Waals surface area (Å²) in [6, 6.07) is 2.80. The first kappa shape index (κ1) is 16.1. The van der Waals surface area contributed by atoms with Gasteiger partial charge in [-0.1, -0.05) is 37.2 Å². The lowest BCUT2D eigenvalue weighted by atomic mass is 9.77. The van der Waals surface area contributed by atoms with Gasteiger partial charge in [0, 0.05) is 22.2 Å². The van der Waals surface area contributed by atoms with Gasteiger partial charge in [-0.15, -0.1) is 13.2 Å². The highest BCUT2D eigenvalue weighted by Crippen LogP contribution is 2.61. The molecule has 3 aliphatic rings. The normalized spacial score (nSPS) is 22.8. The van der Waals surface area contributed by atoms with Gasteiger partial charge in [0.15, 0.2) is 0 Å². The highest BCUT2D eigenvalue weighted by Gasteiger charge is 2.58. The van der Waals surface area contributed by atoms with Gasteiger partial charge in [0.2, 0.25) is 0 Å². The molecule has 0 unspecified atom stereocenters. The van der Waals surface area contributed by atoms with Crippen molar-refractivity contribution in [1.82, 2.24) is 0 Å². The first-order valence-electron chi connectivity index (χ1n) is 7.45. The number of rotatable bonds is 1. The summed E-state index contributed by atoms with van der Waals surface area (Å²) in [6.07, 6.45) is -0.855. The third kappa shape index (κ3) is 2.40. The highest BCUT2D eigenvalue weighted by molar-refractivity contribution is 8.04. The smallest absolute Gasteiger partial charge is 0.404 e. The predicted molar refractivity (Wildman–Crippen MR) is 88.9 cm³/mol. The van der Waals surface area contributed by atoms with Crippen molar-refractivity contribution in [3.63, 3.8) is 0 Å². The topological polar surface area (TPSA) is 33.6 Å². The van der Waals surface area contributed by atoms with E-state index in [2.05, 4.69) is 23.9 Å². The van der Waals surface area contributed by atoms with Crippen LogP contribution in [-0.4, -0.2) is 18.1 Å². The van der Waals surface area contributed by atoms with Crippen LogP contribution in [0, 0.1) is 5.41 Å². The van der Waals surface area contributed by atoms with E-state index in [4.69, 9.17) is 16.6 Å². The molecule has 1 aliphatic carbocycles. The summed E-state index contributed by atoms with van der Waals surface area (Å²) in [7, 11) is 0. The number of ether oxygens (including phenoxy) is 1. The van der Waals surface area contributed by atoms with E-state index < -0.39 is 12.1 Å². The van der Waals surface area contributed by atoms with E-state index in [0.29, 0.717) is 10.6 Å². The molecule has 1 N–H and O–H groups in total. The molecule has 0 radical (unpaired) electrons. The third-order valence-electron chi connectivity index (χ3n) is 4.93. The van der Waals surface area contributed by atoms with E-state index in [1.807, 2.05) is 6.21 Å². The highest BCUT2D eigenvalue weighted by atomic mass is 35.5. The van der Waals surface area contributed by atoms with E-state index in [-0.39, 0.29) is 16.0 Å². The number of thioether (sulfide) groups is 1. The second kappa shape index (κ2) is 4.85. The average molecular weight is 375 g/mol. The maximum absolute atomic E-state index is 12.5. The molecule has 128 valence electrons. The second-order valence-corrected chi connectivity index (χ2v) is 8.20. The monoisotopic (exact) mass is 374 g/mol. The molecule has 1 aromatic rings. The number of aliphatic imine (C=N–C) groups is 1. The fourth-order valence-corrected chi connectivity index (χ4v) is 4.63. The number of dihydropyridines is 1. The second-order valence-electron chi connectivity index (χ2n) is 6.71. The van der Waals surface area contributed by atoms with Crippen molar-refractivity contribution in [2.45, 2.75) is 43.5 Å². The molecule has 1 aromatic carbocycles. The van der Waals surface area contributed by atoms with Crippen molar-refractivity contribution < 1.29 is 17.9 Å². The molecule has 0 amide bonds. The van der Waals surface area contributed by atoms with Gasteiger partial charge in [0.05, 0.1) is 21.2 Å². The minimum Gasteiger partial charge on any atom is -0.404 e. The van der Waals surface area contributed by atoms with E-state index in [9.17, 15) is 13.2 Å². The number of benzene rings is 1. The number of halogens is 4. The third-order valence-corrected chi connectivity index (χ3v) is 6.31. The van der Waals surface area contributed by atoms with Gasteiger partial charge >= 0.3 is 6.36 Å². The SMILES string of the molecule is CC1(C)C2=C(C=NC13CC3)Sc1cc(OC(F)(F)F)c(Cl)cc1N2. The van der Waals surface area contributed by atoms with Crippen LogP contribution < -0.4 is 10.1 Å². The van der Waals surface area contributed by atoms with Crippen LogP contribution in [0.2, 0.25) is 5.02 Å². The minimum absolute atomic E-state index is 0.0555. The summed E-state index contributed by atoms with van der Waals surface area (Å²) < 4.78 is 41.4. The fourth-order valence-electron chi connectivity index (χ4n) is 3.29. The van der Waals surface area contributed by atoms with Crippen LogP contribution >= 0.6 is 23.4 Å². The van der Waals surface area contributed by atoms with E-state index in [1.54, 1.807) is 0 Å². The van der Waals surface area contributed by atoms with Crippen LogP contribution in [-0.2, 0) is 0 Å². The fraction of sp³-hybridized carbons (Fsp3) is 0.438. The molecule has 24 heavy (non-hydrogen) atoms. The van der Waals surface area contributed by atoms with E-state index in [0.717, 1.165) is 23.4 Å². The van der Waals surface area contributed by atoms with Crippen LogP contribution in [0.25, 0.3) is 0 Å². The quantitative estimate of drug-likeness (QED) is 0.693. The maximum Gasteiger partial charge on any atom is 0.573 e. The zero-order valence-corrected chi connectivity index (χ0v) is 14.5. The molecule has 1 fully saturated rings. The molecule has 2 heterocycles. The number of fused-ring (bicyclic) bond motifs is 1. The first-order valence-corrected chi connectivity index (χ1v) is 8.65. The predicted octanol–water partition coefficient (Wildman–Crippen LogP) is 5.61. The molecule has 1 saturated carbocycles. The summed E-state index contributed by atoms with van der Waals surface area (Å²) in [4.78, 5) is 6.25. The summed E-state index contributed by atoms with van der Waals surface area (Å²) in [6.45, 7) is 4.29. The van der Waals surface area contributed by atoms with Gasteiger partial charge in [-0.05, 0) is 25.0 Å². The van der Waals surface area contributed by atoms with Crippen LogP contribution in [0.3, 0.4) is 0 Å². The van der Waals surface area contributed by atoms with Crippen molar-refractivity contribution in [1.29, 1.82) is 0 Å². The first-order chi connectivity index (χ1) is 11.1. The molecule has 1 spiro atoms. The Morgan fingerprint density at radius 2 is 2.00 bits per heavy atom. The standard InChI is InChI=1S/C16H14ClF3N2OS/c1-14(2)13-12(7-21-15(14)3-4-15)24-11-6-10(23-16(18,19)20)8(17)5-9(11)22-13/h5-7,22H,3-4H2,1-2H3. The molecular weight excluding hydrogens is 361 g/mol. The Hall–Kier alpha value is -1.34. The Morgan fingerprint density at radius 3 is 2.62 bits per heavy atom. The van der Waals surface area contributed by atoms with Gasteiger partial charge in [-0.25, -0.2) is 0 Å². The zero-order valence-electron chi connectivity index (χ0n) is 12.9. The molecule has 3 nitrogen and oxygen atoms in total. The van der Waals surface area contributed by atoms with Crippen molar-refractivity contribution in [3.05, 3.63) is 27.8 Å². The summed E-state index contributed by atoms with van der Waals surface area (Å²) in [5.74, 6) is -0.396. The summed E-state index contributed by atoms with van der Waals surface area (Å²) in [5.41, 5.74) is 1.53. The van der Waals surface area contributed by atoms with Crippen LogP contribution in [0.4, 0.5) is 18.9 Å². The van der Waals surface area contributed by atoms with Crippen molar-refractivity contribution in [2.75, 3.05) is 5.32 Å². The van der Waals surface area contributed by atoms with Gasteiger partial charge < -0.3 is 10.1 Å². The molecule has 4 rings (SSSR count). The Bertz CT molecular complexity index is 797. The number of hydrogen-bond donors (Lipinski definition) is 1. The van der Waals surface area contributed by atoms with Gasteiger partial charge in [-0.2, -0.15) is 0 Å². The molecule has 0 aromatic heterocycles. The number of anilines is 1. The van der Waals surface area contributed by atoms with Crippen LogP contribution in [0.5, 0.6) is 5.75 Å². The van der Waals surface area contributed by atoms with E-state index in [1.165, 1.54) is 23.9 Å². The molecule has 0 bridgehead atoms. The van der Waals surface area contributed by atoms with Crippen LogP contribution in [0.15, 0.2) is 32.6 Å². The van der Waals surface area contributed by atoms with Crippen LogP contribution in [0.1, 0.15) is 26.7 Å². The number of nitrogens with one attached hydrogen (secondary N) is 1. The lowest BCUT2D eigenvalue weighted by Gasteiger charge is -2.41. The van der Waals surface area contributed by atoms with Gasteiger partial charge in [0.1, 0.15) is 5.75 Å². The number of allylic oxidation sites excluding steroid dienone is 1. The Balaban J connectivity index is 1.71. The number of hydrogen-bond acceptors (Lipinski definition) is 4. The molecule has 8 heteroatoms.